The number of hydrogen-bond acceptors (Lipinski definition) is 4. The third-order valence-corrected chi connectivity index (χ3v) is 5.77. The molecular formula is C28H26N2O5. The zero-order valence-electron chi connectivity index (χ0n) is 19.2. The van der Waals surface area contributed by atoms with E-state index in [2.05, 4.69) is 34.9 Å². The highest BCUT2D eigenvalue weighted by Crippen LogP contribution is 2.44. The molecule has 35 heavy (non-hydrogen) atoms. The molecule has 3 aromatic rings. The quantitative estimate of drug-likeness (QED) is 0.400. The molecule has 0 heterocycles. The molecule has 0 bridgehead atoms. The number of fused-ring (bicyclic) bond motifs is 3. The van der Waals surface area contributed by atoms with Gasteiger partial charge in [-0.15, -0.1) is 0 Å². The van der Waals surface area contributed by atoms with Crippen LogP contribution in [0.25, 0.3) is 17.2 Å². The van der Waals surface area contributed by atoms with Crippen LogP contribution in [-0.4, -0.2) is 35.7 Å². The fraction of sp³-hybridized carbons (Fsp3) is 0.179. The summed E-state index contributed by atoms with van der Waals surface area (Å²) in [4.78, 5) is 35.2. The van der Waals surface area contributed by atoms with Crippen LogP contribution in [0.5, 0.6) is 0 Å². The fourth-order valence-corrected chi connectivity index (χ4v) is 4.25. The van der Waals surface area contributed by atoms with Gasteiger partial charge in [0.2, 0.25) is 5.91 Å². The van der Waals surface area contributed by atoms with Gasteiger partial charge >= 0.3 is 12.1 Å². The molecule has 4 rings (SSSR count). The Morgan fingerprint density at radius 3 is 2.29 bits per heavy atom. The summed E-state index contributed by atoms with van der Waals surface area (Å²) in [5, 5.41) is 14.1. The van der Waals surface area contributed by atoms with E-state index in [4.69, 9.17) is 9.84 Å². The number of carbonyl (C=O) groups excluding carboxylic acids is 2. The molecule has 3 aromatic carbocycles. The van der Waals surface area contributed by atoms with Crippen LogP contribution in [0.2, 0.25) is 0 Å². The number of nitrogens with one attached hydrogen (secondary N) is 2. The Hall–Kier alpha value is -4.39. The minimum atomic E-state index is -0.978. The lowest BCUT2D eigenvalue weighted by molar-refractivity contribution is -0.137. The monoisotopic (exact) mass is 470 g/mol. The zero-order valence-corrected chi connectivity index (χ0v) is 19.2. The van der Waals surface area contributed by atoms with Crippen molar-refractivity contribution in [3.63, 3.8) is 0 Å². The Morgan fingerprint density at radius 1 is 0.971 bits per heavy atom. The third kappa shape index (κ3) is 5.95. The van der Waals surface area contributed by atoms with Crippen LogP contribution in [0.1, 0.15) is 36.0 Å². The minimum absolute atomic E-state index is 0.0237. The largest absolute Gasteiger partial charge is 0.481 e. The molecule has 0 fully saturated rings. The number of carbonyl (C=O) groups is 3. The van der Waals surface area contributed by atoms with Crippen LogP contribution < -0.4 is 10.6 Å². The number of benzene rings is 3. The molecule has 7 nitrogen and oxygen atoms in total. The molecule has 0 radical (unpaired) electrons. The van der Waals surface area contributed by atoms with Crippen molar-refractivity contribution in [3.05, 3.63) is 95.6 Å². The molecule has 1 aliphatic carbocycles. The highest BCUT2D eigenvalue weighted by Gasteiger charge is 2.29. The summed E-state index contributed by atoms with van der Waals surface area (Å²) >= 11 is 0. The average molecular weight is 471 g/mol. The lowest BCUT2D eigenvalue weighted by Crippen LogP contribution is -2.32. The predicted octanol–water partition coefficient (Wildman–Crippen LogP) is 5.04. The number of hydrogen-bond donors (Lipinski definition) is 3. The molecule has 0 saturated carbocycles. The van der Waals surface area contributed by atoms with E-state index in [1.165, 1.54) is 6.08 Å². The maximum Gasteiger partial charge on any atom is 0.411 e. The van der Waals surface area contributed by atoms with Gasteiger partial charge in [0.25, 0.3) is 0 Å². The van der Waals surface area contributed by atoms with E-state index in [-0.39, 0.29) is 18.9 Å². The lowest BCUT2D eigenvalue weighted by Gasteiger charge is -2.14. The van der Waals surface area contributed by atoms with E-state index >= 15 is 0 Å². The van der Waals surface area contributed by atoms with E-state index in [0.717, 1.165) is 22.3 Å². The number of aliphatic carboxylic acids is 1. The first-order valence-corrected chi connectivity index (χ1v) is 11.3. The number of anilines is 1. The number of ether oxygens (including phenoxy) is 1. The highest BCUT2D eigenvalue weighted by atomic mass is 16.5. The van der Waals surface area contributed by atoms with E-state index in [0.29, 0.717) is 11.3 Å². The second-order valence-electron chi connectivity index (χ2n) is 8.42. The van der Waals surface area contributed by atoms with Crippen LogP contribution in [0.3, 0.4) is 0 Å². The van der Waals surface area contributed by atoms with Gasteiger partial charge in [-0.05, 0) is 52.9 Å². The number of carboxylic acid groups (broad SMARTS) is 1. The molecule has 0 spiro atoms. The topological polar surface area (TPSA) is 105 Å². The van der Waals surface area contributed by atoms with Crippen LogP contribution in [0, 0.1) is 0 Å². The predicted molar refractivity (Wildman–Crippen MR) is 134 cm³/mol. The molecule has 0 unspecified atom stereocenters. The Bertz CT molecular complexity index is 1240. The van der Waals surface area contributed by atoms with Crippen molar-refractivity contribution < 1.29 is 24.2 Å². The summed E-state index contributed by atoms with van der Waals surface area (Å²) in [5.74, 6) is -1.40. The molecule has 178 valence electrons. The average Bonchev–Trinajstić information content (AvgIpc) is 3.15. The minimum Gasteiger partial charge on any atom is -0.481 e. The first kappa shape index (κ1) is 23.8. The highest BCUT2D eigenvalue weighted by molar-refractivity contribution is 5.92. The lowest BCUT2D eigenvalue weighted by atomic mass is 9.98. The molecule has 7 heteroatoms. The Kier molecular flexibility index (Phi) is 7.26. The third-order valence-electron chi connectivity index (χ3n) is 5.77. The van der Waals surface area contributed by atoms with Crippen molar-refractivity contribution in [3.8, 4) is 11.1 Å². The summed E-state index contributed by atoms with van der Waals surface area (Å²) in [7, 11) is 0. The van der Waals surface area contributed by atoms with Crippen LogP contribution in [-0.2, 0) is 14.3 Å². The van der Waals surface area contributed by atoms with Gasteiger partial charge in [0.05, 0.1) is 6.42 Å². The zero-order chi connectivity index (χ0) is 24.8. The smallest absolute Gasteiger partial charge is 0.411 e. The Labute approximate surface area is 203 Å². The van der Waals surface area contributed by atoms with Gasteiger partial charge in [-0.25, -0.2) is 4.79 Å². The first-order valence-electron chi connectivity index (χ1n) is 11.3. The van der Waals surface area contributed by atoms with Crippen molar-refractivity contribution in [2.45, 2.75) is 25.3 Å². The maximum atomic E-state index is 12.5. The first-order chi connectivity index (χ1) is 16.9. The Morgan fingerprint density at radius 2 is 1.63 bits per heavy atom. The van der Waals surface area contributed by atoms with Gasteiger partial charge in [-0.2, -0.15) is 0 Å². The molecule has 0 aromatic heterocycles. The van der Waals surface area contributed by atoms with Crippen LogP contribution in [0.4, 0.5) is 10.5 Å². The van der Waals surface area contributed by atoms with Crippen molar-refractivity contribution in [1.82, 2.24) is 5.32 Å². The van der Waals surface area contributed by atoms with Crippen molar-refractivity contribution in [2.24, 2.45) is 0 Å². The van der Waals surface area contributed by atoms with Gasteiger partial charge < -0.3 is 15.2 Å². The number of amides is 2. The van der Waals surface area contributed by atoms with Gasteiger partial charge in [0.1, 0.15) is 6.61 Å². The number of rotatable bonds is 8. The molecule has 0 saturated heterocycles. The van der Waals surface area contributed by atoms with E-state index in [1.807, 2.05) is 24.3 Å². The summed E-state index contributed by atoms with van der Waals surface area (Å²) in [6, 6.07) is 22.8. The molecule has 2 amide bonds. The summed E-state index contributed by atoms with van der Waals surface area (Å²) < 4.78 is 5.58. The SMILES string of the molecule is C[C@H](CC(=O)O)NC(=O)/C=C/c1cccc(NC(=O)OCC2c3ccccc3-c3ccccc32)c1. The molecular weight excluding hydrogens is 444 g/mol. The van der Waals surface area contributed by atoms with Crippen LogP contribution >= 0.6 is 0 Å². The standard InChI is InChI=1S/C28H26N2O5/c1-18(15-27(32)33)29-26(31)14-13-19-7-6-8-20(16-19)30-28(34)35-17-25-23-11-4-2-9-21(23)22-10-3-5-12-24(22)25/h2-14,16,18,25H,15,17H2,1H3,(H,29,31)(H,30,34)(H,32,33)/b14-13+/t18-/m1/s1. The van der Waals surface area contributed by atoms with Gasteiger partial charge in [-0.1, -0.05) is 60.7 Å². The molecule has 1 aliphatic rings. The molecule has 1 atom stereocenters. The van der Waals surface area contributed by atoms with Gasteiger partial charge in [0.15, 0.2) is 0 Å². The molecule has 0 aliphatic heterocycles. The molecule has 3 N–H and O–H groups in total. The Balaban J connectivity index is 1.34. The van der Waals surface area contributed by atoms with E-state index in [9.17, 15) is 14.4 Å². The van der Waals surface area contributed by atoms with Crippen LogP contribution in [0.15, 0.2) is 78.9 Å². The van der Waals surface area contributed by atoms with E-state index in [1.54, 1.807) is 37.3 Å². The summed E-state index contributed by atoms with van der Waals surface area (Å²) in [6.07, 6.45) is 2.20. The van der Waals surface area contributed by atoms with Gasteiger partial charge in [-0.3, -0.25) is 14.9 Å². The van der Waals surface area contributed by atoms with Crippen molar-refractivity contribution >= 4 is 29.7 Å². The van der Waals surface area contributed by atoms with Crippen molar-refractivity contribution in [2.75, 3.05) is 11.9 Å². The second-order valence-corrected chi connectivity index (χ2v) is 8.42. The fourth-order valence-electron chi connectivity index (χ4n) is 4.25. The van der Waals surface area contributed by atoms with Gasteiger partial charge in [0, 0.05) is 23.7 Å². The normalized spacial score (nSPS) is 13.1. The maximum absolute atomic E-state index is 12.5. The summed E-state index contributed by atoms with van der Waals surface area (Å²) in [5.41, 5.74) is 5.84. The second kappa shape index (κ2) is 10.7. The number of carboxylic acids is 1. The summed E-state index contributed by atoms with van der Waals surface area (Å²) in [6.45, 7) is 1.84. The van der Waals surface area contributed by atoms with Crippen molar-refractivity contribution in [1.29, 1.82) is 0 Å². The van der Waals surface area contributed by atoms with E-state index < -0.39 is 24.0 Å².